The molecule has 7 nitrogen and oxygen atoms in total. The molecular formula is C107H67N5O2. The van der Waals surface area contributed by atoms with Gasteiger partial charge in [-0.05, 0) is 142 Å². The number of nitrogens with zero attached hydrogens (tertiary/aromatic N) is 5. The van der Waals surface area contributed by atoms with Gasteiger partial charge in [0.2, 0.25) is 0 Å². The summed E-state index contributed by atoms with van der Waals surface area (Å²) in [7, 11) is 0. The Bertz CT molecular complexity index is 6850. The van der Waals surface area contributed by atoms with Gasteiger partial charge in [-0.15, -0.1) is 0 Å². The van der Waals surface area contributed by atoms with E-state index in [2.05, 4.69) is 309 Å². The average Bonchev–Trinajstić information content (AvgIpc) is 1.56. The molecular weight excluding hydrogens is 1390 g/mol. The van der Waals surface area contributed by atoms with Crippen LogP contribution in [0.3, 0.4) is 0 Å². The minimum atomic E-state index is 0.640. The highest BCUT2D eigenvalue weighted by Crippen LogP contribution is 2.47. The lowest BCUT2D eigenvalue weighted by Crippen LogP contribution is -2.00. The Hall–Kier alpha value is -15.3. The summed E-state index contributed by atoms with van der Waals surface area (Å²) < 4.78 is 13.4. The Kier molecular flexibility index (Phi) is 16.8. The summed E-state index contributed by atoms with van der Waals surface area (Å²) in [5.74, 6) is 2.65. The summed E-state index contributed by atoms with van der Waals surface area (Å²) in [4.78, 5) is 24.6. The summed E-state index contributed by atoms with van der Waals surface area (Å²) >= 11 is 0. The van der Waals surface area contributed by atoms with Crippen LogP contribution in [-0.4, -0.2) is 24.9 Å². The van der Waals surface area contributed by atoms with Gasteiger partial charge in [-0.25, -0.2) is 24.9 Å². The number of benzene rings is 18. The number of hydrogen-bond acceptors (Lipinski definition) is 7. The zero-order valence-corrected chi connectivity index (χ0v) is 61.7. The molecule has 0 unspecified atom stereocenters. The fourth-order valence-corrected chi connectivity index (χ4v) is 16.3. The second-order valence-corrected chi connectivity index (χ2v) is 28.9. The van der Waals surface area contributed by atoms with Gasteiger partial charge in [-0.2, -0.15) is 0 Å². The molecule has 22 rings (SSSR count). The molecule has 4 heterocycles. The average molecular weight is 1450 g/mol. The third kappa shape index (κ3) is 12.4. The van der Waals surface area contributed by atoms with Crippen molar-refractivity contribution in [3.8, 4) is 135 Å². The second-order valence-electron chi connectivity index (χ2n) is 28.9. The Labute approximate surface area is 657 Å². The van der Waals surface area contributed by atoms with Gasteiger partial charge in [0.1, 0.15) is 22.3 Å². The first kappa shape index (κ1) is 66.9. The summed E-state index contributed by atoms with van der Waals surface area (Å²) in [6, 6.07) is 143. The molecule has 0 N–H and O–H groups in total. The number of furan rings is 2. The van der Waals surface area contributed by atoms with E-state index in [9.17, 15) is 0 Å². The zero-order chi connectivity index (χ0) is 75.4. The van der Waals surface area contributed by atoms with E-state index < -0.39 is 0 Å². The Morgan fingerprint density at radius 2 is 0.447 bits per heavy atom. The van der Waals surface area contributed by atoms with Gasteiger partial charge in [0, 0.05) is 65.7 Å². The minimum absolute atomic E-state index is 0.640. The molecule has 0 amide bonds. The van der Waals surface area contributed by atoms with Gasteiger partial charge in [-0.3, -0.25) is 0 Å². The monoisotopic (exact) mass is 1450 g/mol. The molecule has 0 atom stereocenters. The van der Waals surface area contributed by atoms with Crippen molar-refractivity contribution in [3.05, 3.63) is 406 Å². The van der Waals surface area contributed by atoms with Crippen LogP contribution >= 0.6 is 0 Å². The lowest BCUT2D eigenvalue weighted by molar-refractivity contribution is 0.672. The number of hydrogen-bond donors (Lipinski definition) is 0. The first-order valence-electron chi connectivity index (χ1n) is 38.5. The molecule has 4 aromatic heterocycles. The Morgan fingerprint density at radius 3 is 0.842 bits per heavy atom. The van der Waals surface area contributed by atoms with Crippen molar-refractivity contribution in [2.24, 2.45) is 0 Å². The van der Waals surface area contributed by atoms with Crippen molar-refractivity contribution < 1.29 is 8.83 Å². The van der Waals surface area contributed by atoms with Crippen molar-refractivity contribution >= 4 is 87.0 Å². The first-order chi connectivity index (χ1) is 56.5. The van der Waals surface area contributed by atoms with Gasteiger partial charge in [0.15, 0.2) is 23.3 Å². The van der Waals surface area contributed by atoms with Crippen molar-refractivity contribution in [2.75, 3.05) is 0 Å². The van der Waals surface area contributed by atoms with Gasteiger partial charge < -0.3 is 8.83 Å². The normalized spacial score (nSPS) is 11.5. The minimum Gasteiger partial charge on any atom is -0.455 e. The molecule has 0 radical (unpaired) electrons. The fraction of sp³-hybridized carbons (Fsp3) is 0. The first-order valence-corrected chi connectivity index (χ1v) is 38.5. The molecule has 22 aromatic rings. The van der Waals surface area contributed by atoms with E-state index in [1.165, 1.54) is 54.6 Å². The van der Waals surface area contributed by atoms with Crippen LogP contribution in [0.15, 0.2) is 415 Å². The van der Waals surface area contributed by atoms with Crippen molar-refractivity contribution in [1.82, 2.24) is 24.9 Å². The van der Waals surface area contributed by atoms with Gasteiger partial charge in [0.05, 0.1) is 11.4 Å². The summed E-state index contributed by atoms with van der Waals surface area (Å²) in [6.45, 7) is 0. The molecule has 532 valence electrons. The van der Waals surface area contributed by atoms with Gasteiger partial charge >= 0.3 is 0 Å². The van der Waals surface area contributed by atoms with E-state index in [0.29, 0.717) is 23.3 Å². The van der Waals surface area contributed by atoms with Gasteiger partial charge in [0.25, 0.3) is 0 Å². The molecule has 0 saturated carbocycles. The largest absolute Gasteiger partial charge is 0.455 e. The number of aromatic nitrogens is 5. The SMILES string of the molecule is c1ccc(-c2cc(-c3ccc(-c4ccc(-c5cccc6oc7c8ccccc8c(-c8ccc9ccccc9c8)cc7c56)cc4)cc3)nc(-c3ccccc3)n2)cc1.c1ccc(-c2nc(-c3ccccc3)nc(-c3ccc(-c4ccc(-c5cccc6oc7c8ccccc8c(-c8ccc9ccccc9c8)cc7c56)cc4)cc3)n2)cc1. The van der Waals surface area contributed by atoms with Crippen LogP contribution in [0.4, 0.5) is 0 Å². The number of rotatable bonds is 12. The summed E-state index contributed by atoms with van der Waals surface area (Å²) in [5.41, 5.74) is 25.2. The molecule has 0 fully saturated rings. The Balaban J connectivity index is 0.000000143. The zero-order valence-electron chi connectivity index (χ0n) is 61.7. The lowest BCUT2D eigenvalue weighted by Gasteiger charge is -2.11. The summed E-state index contributed by atoms with van der Waals surface area (Å²) in [6.07, 6.45) is 0. The third-order valence-electron chi connectivity index (χ3n) is 22.0. The van der Waals surface area contributed by atoms with E-state index in [-0.39, 0.29) is 0 Å². The molecule has 0 aliphatic rings. The van der Waals surface area contributed by atoms with Crippen LogP contribution in [0, 0.1) is 0 Å². The maximum Gasteiger partial charge on any atom is 0.164 e. The highest BCUT2D eigenvalue weighted by molar-refractivity contribution is 6.24. The van der Waals surface area contributed by atoms with Crippen molar-refractivity contribution in [1.29, 1.82) is 0 Å². The van der Waals surface area contributed by atoms with E-state index in [1.54, 1.807) is 0 Å². The van der Waals surface area contributed by atoms with E-state index in [0.717, 1.165) is 144 Å². The van der Waals surface area contributed by atoms with E-state index in [4.69, 9.17) is 33.8 Å². The standard InChI is InChI=1S/C54H34N2O.C53H33N3O/c1-3-13-39(14-4-1)49-34-50(56-54(55-49)41-15-5-2-6-16-41)40-29-24-37(25-30-40)36-22-27-38(28-23-36)44-20-11-21-51-52(44)48-33-47(45-18-9-10-19-46(45)53(48)57-51)43-31-26-35-12-7-8-17-42(35)32-43;1-3-13-38(14-4-1)51-54-52(39-15-5-2-6-16-39)56-53(55-51)40-29-24-36(25-30-40)35-22-27-37(28-23-35)43-20-11-21-48-49(43)47-33-46(44-18-9-10-19-45(44)50(47)57-48)42-31-26-34-12-7-8-17-41(34)32-42/h1-34H;1-33H. The molecule has 7 heteroatoms. The molecule has 0 spiro atoms. The third-order valence-corrected chi connectivity index (χ3v) is 22.0. The lowest BCUT2D eigenvalue weighted by atomic mass is 9.92. The predicted molar refractivity (Wildman–Crippen MR) is 472 cm³/mol. The smallest absolute Gasteiger partial charge is 0.164 e. The fourth-order valence-electron chi connectivity index (χ4n) is 16.3. The molecule has 0 aliphatic heterocycles. The predicted octanol–water partition coefficient (Wildman–Crippen LogP) is 28.8. The van der Waals surface area contributed by atoms with Crippen LogP contribution in [0.2, 0.25) is 0 Å². The quantitative estimate of drug-likeness (QED) is 0.120. The maximum atomic E-state index is 6.69. The van der Waals surface area contributed by atoms with E-state index >= 15 is 0 Å². The summed E-state index contributed by atoms with van der Waals surface area (Å²) in [5, 5.41) is 14.0. The van der Waals surface area contributed by atoms with Crippen LogP contribution < -0.4 is 0 Å². The highest BCUT2D eigenvalue weighted by Gasteiger charge is 2.22. The number of fused-ring (bicyclic) bond motifs is 12. The van der Waals surface area contributed by atoms with Crippen molar-refractivity contribution in [2.45, 2.75) is 0 Å². The molecule has 0 aliphatic carbocycles. The van der Waals surface area contributed by atoms with Crippen molar-refractivity contribution in [3.63, 3.8) is 0 Å². The second kappa shape index (κ2) is 28.6. The topological polar surface area (TPSA) is 90.7 Å². The van der Waals surface area contributed by atoms with Gasteiger partial charge in [-0.1, -0.05) is 364 Å². The highest BCUT2D eigenvalue weighted by atomic mass is 16.3. The Morgan fingerprint density at radius 1 is 0.158 bits per heavy atom. The molecule has 114 heavy (non-hydrogen) atoms. The van der Waals surface area contributed by atoms with Crippen LogP contribution in [0.1, 0.15) is 0 Å². The molecule has 0 bridgehead atoms. The van der Waals surface area contributed by atoms with Crippen LogP contribution in [0.25, 0.3) is 222 Å². The van der Waals surface area contributed by atoms with Crippen LogP contribution in [0.5, 0.6) is 0 Å². The maximum absolute atomic E-state index is 6.69. The van der Waals surface area contributed by atoms with E-state index in [1.807, 2.05) is 97.1 Å². The molecule has 0 saturated heterocycles. The molecule has 18 aromatic carbocycles. The van der Waals surface area contributed by atoms with Crippen LogP contribution in [-0.2, 0) is 0 Å².